The van der Waals surface area contributed by atoms with Gasteiger partial charge in [-0.3, -0.25) is 0 Å². The Balaban J connectivity index is 3.75. The maximum absolute atomic E-state index is 2.84. The summed E-state index contributed by atoms with van der Waals surface area (Å²) in [6.07, 6.45) is 46.6. The smallest absolute Gasteiger partial charge is 0.00187 e. The molecule has 0 saturated carbocycles. The van der Waals surface area contributed by atoms with Crippen molar-refractivity contribution in [3.05, 3.63) is 0 Å². The summed E-state index contributed by atoms with van der Waals surface area (Å²) in [5.74, 6) is 0. The van der Waals surface area contributed by atoms with Crippen molar-refractivity contribution in [2.24, 2.45) is 0 Å². The zero-order valence-corrected chi connectivity index (χ0v) is 28.2. The van der Waals surface area contributed by atoms with Gasteiger partial charge in [-0.05, 0) is 38.9 Å². The topological polar surface area (TPSA) is 3.24 Å². The summed E-state index contributed by atoms with van der Waals surface area (Å²) < 4.78 is 0. The average molecular weight is 550 g/mol. The molecule has 0 amide bonds. The summed E-state index contributed by atoms with van der Waals surface area (Å²) in [5.41, 5.74) is 0. The van der Waals surface area contributed by atoms with Crippen molar-refractivity contribution in [1.82, 2.24) is 4.90 Å². The largest absolute Gasteiger partial charge is 0.303 e. The maximum atomic E-state index is 2.84. The Bertz CT molecular complexity index is 376. The van der Waals surface area contributed by atoms with Gasteiger partial charge in [0.15, 0.2) is 0 Å². The van der Waals surface area contributed by atoms with Crippen LogP contribution in [0.25, 0.3) is 0 Å². The first-order valence-electron chi connectivity index (χ1n) is 19.1. The van der Waals surface area contributed by atoms with Crippen molar-refractivity contribution >= 4 is 0 Å². The van der Waals surface area contributed by atoms with Crippen molar-refractivity contribution < 1.29 is 0 Å². The third-order valence-corrected chi connectivity index (χ3v) is 8.98. The number of rotatable bonds is 35. The lowest BCUT2D eigenvalue weighted by Crippen LogP contribution is -2.27. The summed E-state index contributed by atoms with van der Waals surface area (Å²) in [6, 6.07) is 0. The van der Waals surface area contributed by atoms with Crippen molar-refractivity contribution in [1.29, 1.82) is 0 Å². The fourth-order valence-corrected chi connectivity index (χ4v) is 6.16. The molecule has 0 aromatic rings. The van der Waals surface area contributed by atoms with E-state index >= 15 is 0 Å². The van der Waals surface area contributed by atoms with Crippen LogP contribution < -0.4 is 0 Å². The van der Waals surface area contributed by atoms with E-state index in [-0.39, 0.29) is 0 Å². The van der Waals surface area contributed by atoms with Gasteiger partial charge in [0, 0.05) is 0 Å². The molecule has 0 N–H and O–H groups in total. The first-order valence-corrected chi connectivity index (χ1v) is 19.1. The number of hydrogen-bond donors (Lipinski definition) is 0. The van der Waals surface area contributed by atoms with Crippen LogP contribution in [0.4, 0.5) is 0 Å². The molecule has 39 heavy (non-hydrogen) atoms. The first-order chi connectivity index (χ1) is 19.3. The molecule has 0 fully saturated rings. The molecule has 0 aliphatic heterocycles. The first kappa shape index (κ1) is 39.0. The lowest BCUT2D eigenvalue weighted by Gasteiger charge is -2.22. The third-order valence-electron chi connectivity index (χ3n) is 8.98. The van der Waals surface area contributed by atoms with Crippen LogP contribution in [0.5, 0.6) is 0 Å². The molecule has 0 aromatic heterocycles. The van der Waals surface area contributed by atoms with Gasteiger partial charge in [-0.15, -0.1) is 0 Å². The minimum absolute atomic E-state index is 1.36. The van der Waals surface area contributed by atoms with E-state index in [1.807, 2.05) is 0 Å². The maximum Gasteiger partial charge on any atom is -0.00187 e. The van der Waals surface area contributed by atoms with Crippen LogP contribution in [-0.2, 0) is 0 Å². The van der Waals surface area contributed by atoms with Crippen molar-refractivity contribution in [3.8, 4) is 0 Å². The predicted octanol–water partition coefficient (Wildman–Crippen LogP) is 13.8. The second kappa shape index (κ2) is 36.0. The van der Waals surface area contributed by atoms with Gasteiger partial charge in [0.2, 0.25) is 0 Å². The molecule has 0 rings (SSSR count). The van der Waals surface area contributed by atoms with Crippen LogP contribution in [0.2, 0.25) is 0 Å². The molecule has 0 aliphatic carbocycles. The fourth-order valence-electron chi connectivity index (χ4n) is 6.16. The van der Waals surface area contributed by atoms with E-state index in [0.29, 0.717) is 0 Å². The van der Waals surface area contributed by atoms with Crippen LogP contribution in [0, 0.1) is 0 Å². The highest BCUT2D eigenvalue weighted by atomic mass is 15.1. The molecule has 0 spiro atoms. The van der Waals surface area contributed by atoms with Gasteiger partial charge >= 0.3 is 0 Å². The summed E-state index contributed by atoms with van der Waals surface area (Å²) in [6.45, 7) is 11.0. The molecule has 0 aromatic carbocycles. The normalized spacial score (nSPS) is 11.7. The minimum Gasteiger partial charge on any atom is -0.303 e. The van der Waals surface area contributed by atoms with E-state index in [4.69, 9.17) is 0 Å². The zero-order valence-electron chi connectivity index (χ0n) is 28.2. The Morgan fingerprint density at radius 1 is 0.205 bits per heavy atom. The van der Waals surface area contributed by atoms with E-state index in [0.717, 1.165) is 0 Å². The number of unbranched alkanes of at least 4 members (excludes halogenated alkanes) is 29. The van der Waals surface area contributed by atoms with Crippen molar-refractivity contribution in [2.45, 2.75) is 226 Å². The summed E-state index contributed by atoms with van der Waals surface area (Å²) in [5, 5.41) is 0. The van der Waals surface area contributed by atoms with Crippen LogP contribution >= 0.6 is 0 Å². The van der Waals surface area contributed by atoms with Crippen LogP contribution in [-0.4, -0.2) is 24.5 Å². The zero-order chi connectivity index (χ0) is 28.3. The second-order valence-corrected chi connectivity index (χ2v) is 13.1. The van der Waals surface area contributed by atoms with Gasteiger partial charge in [-0.1, -0.05) is 207 Å². The average Bonchev–Trinajstić information content (AvgIpc) is 2.95. The molecule has 0 aliphatic rings. The molecule has 0 atom stereocenters. The summed E-state index contributed by atoms with van der Waals surface area (Å²) in [4.78, 5) is 2.84. The third kappa shape index (κ3) is 34.1. The molecule has 0 heterocycles. The Kier molecular flexibility index (Phi) is 35.9. The minimum atomic E-state index is 1.36. The van der Waals surface area contributed by atoms with Gasteiger partial charge in [0.1, 0.15) is 0 Å². The molecule has 0 unspecified atom stereocenters. The highest BCUT2D eigenvalue weighted by molar-refractivity contribution is 4.61. The van der Waals surface area contributed by atoms with E-state index in [1.54, 1.807) is 0 Å². The summed E-state index contributed by atoms with van der Waals surface area (Å²) >= 11 is 0. The van der Waals surface area contributed by atoms with E-state index < -0.39 is 0 Å². The Hall–Kier alpha value is -0.0400. The molecule has 1 heteroatoms. The molecular weight excluding hydrogens is 470 g/mol. The summed E-state index contributed by atoms with van der Waals surface area (Å²) in [7, 11) is 0. The monoisotopic (exact) mass is 550 g/mol. The van der Waals surface area contributed by atoms with Crippen LogP contribution in [0.1, 0.15) is 226 Å². The lowest BCUT2D eigenvalue weighted by molar-refractivity contribution is 0.254. The quantitative estimate of drug-likeness (QED) is 0.0710. The van der Waals surface area contributed by atoms with E-state index in [2.05, 4.69) is 25.7 Å². The van der Waals surface area contributed by atoms with Crippen LogP contribution in [0.15, 0.2) is 0 Å². The van der Waals surface area contributed by atoms with Crippen LogP contribution in [0.3, 0.4) is 0 Å². The number of hydrogen-bond acceptors (Lipinski definition) is 1. The number of nitrogens with zero attached hydrogens (tertiary/aromatic N) is 1. The Morgan fingerprint density at radius 3 is 0.538 bits per heavy atom. The lowest BCUT2D eigenvalue weighted by atomic mass is 10.0. The second-order valence-electron chi connectivity index (χ2n) is 13.1. The SMILES string of the molecule is CCCCCCCCCCCCCCCN(CCCCCCCC)CCCCCCCCCCCCCCC. The Morgan fingerprint density at radius 2 is 0.359 bits per heavy atom. The van der Waals surface area contributed by atoms with E-state index in [9.17, 15) is 0 Å². The van der Waals surface area contributed by atoms with Gasteiger partial charge in [0.05, 0.1) is 0 Å². The van der Waals surface area contributed by atoms with Gasteiger partial charge in [-0.2, -0.15) is 0 Å². The molecule has 0 saturated heterocycles. The van der Waals surface area contributed by atoms with Gasteiger partial charge in [0.25, 0.3) is 0 Å². The van der Waals surface area contributed by atoms with E-state index in [1.165, 1.54) is 225 Å². The predicted molar refractivity (Wildman–Crippen MR) is 181 cm³/mol. The van der Waals surface area contributed by atoms with Crippen molar-refractivity contribution in [3.63, 3.8) is 0 Å². The molecular formula is C38H79N. The Labute approximate surface area is 250 Å². The molecule has 0 bridgehead atoms. The van der Waals surface area contributed by atoms with Gasteiger partial charge in [-0.25, -0.2) is 0 Å². The van der Waals surface area contributed by atoms with Crippen molar-refractivity contribution in [2.75, 3.05) is 19.6 Å². The highest BCUT2D eigenvalue weighted by Crippen LogP contribution is 2.15. The van der Waals surface area contributed by atoms with Gasteiger partial charge < -0.3 is 4.90 Å². The highest BCUT2D eigenvalue weighted by Gasteiger charge is 2.05. The standard InChI is InChI=1S/C38H79N/c1-4-7-10-13-16-18-20-22-24-26-28-31-34-37-39(36-33-30-15-12-9-6-3)38-35-32-29-27-25-23-21-19-17-14-11-8-5-2/h4-38H2,1-3H3. The molecule has 236 valence electrons. The fraction of sp³-hybridized carbons (Fsp3) is 1.00. The molecule has 1 nitrogen and oxygen atoms in total. The molecule has 0 radical (unpaired) electrons.